The van der Waals surface area contributed by atoms with Gasteiger partial charge in [0.25, 0.3) is 11.8 Å². The van der Waals surface area contributed by atoms with E-state index >= 15 is 0 Å². The fourth-order valence-electron chi connectivity index (χ4n) is 6.55. The van der Waals surface area contributed by atoms with E-state index < -0.39 is 11.6 Å². The summed E-state index contributed by atoms with van der Waals surface area (Å²) in [5, 5.41) is 13.9. The minimum Gasteiger partial charge on any atom is -0.507 e. The average Bonchev–Trinajstić information content (AvgIpc) is 3.17. The molecule has 0 aromatic heterocycles. The number of rotatable bonds is 13. The van der Waals surface area contributed by atoms with E-state index in [2.05, 4.69) is 10.1 Å². The van der Waals surface area contributed by atoms with Gasteiger partial charge >= 0.3 is 0 Å². The molecule has 0 saturated carbocycles. The lowest BCUT2D eigenvalue weighted by Gasteiger charge is -2.35. The summed E-state index contributed by atoms with van der Waals surface area (Å²) in [6, 6.07) is 22.9. The van der Waals surface area contributed by atoms with Crippen molar-refractivity contribution in [1.82, 2.24) is 9.80 Å². The number of benzene rings is 4. The topological polar surface area (TPSA) is 131 Å². The average molecular weight is 690 g/mol. The normalized spacial score (nSPS) is 12.7. The van der Waals surface area contributed by atoms with Crippen LogP contribution in [-0.2, 0) is 0 Å². The van der Waals surface area contributed by atoms with E-state index in [1.165, 1.54) is 0 Å². The molecule has 1 heterocycles. The highest BCUT2D eigenvalue weighted by atomic mass is 16.3. The number of hydrogen-bond acceptors (Lipinski definition) is 9. The second kappa shape index (κ2) is 16.2. The molecule has 0 radical (unpaired) electrons. The number of amides is 2. The molecule has 0 atom stereocenters. The summed E-state index contributed by atoms with van der Waals surface area (Å²) in [7, 11) is 0. The molecule has 1 aliphatic rings. The van der Waals surface area contributed by atoms with Crippen LogP contribution in [0.5, 0.6) is 5.75 Å². The highest BCUT2D eigenvalue weighted by molar-refractivity contribution is 6.18. The van der Waals surface area contributed by atoms with Crippen molar-refractivity contribution in [3.8, 4) is 5.75 Å². The molecule has 1 fully saturated rings. The number of hydrogen-bond donors (Lipinski definition) is 1. The van der Waals surface area contributed by atoms with Gasteiger partial charge in [-0.2, -0.15) is 0 Å². The number of nitroso groups, excluding NO2 is 1. The number of phenols is 1. The minimum absolute atomic E-state index is 0.00407. The van der Waals surface area contributed by atoms with Crippen LogP contribution in [0.25, 0.3) is 0 Å². The number of nitrogens with zero attached hydrogens (tertiary/aromatic N) is 5. The van der Waals surface area contributed by atoms with Crippen molar-refractivity contribution in [2.45, 2.75) is 27.7 Å². The summed E-state index contributed by atoms with van der Waals surface area (Å²) in [6.45, 7) is 11.8. The van der Waals surface area contributed by atoms with Crippen molar-refractivity contribution in [3.05, 3.63) is 123 Å². The van der Waals surface area contributed by atoms with E-state index in [9.17, 15) is 29.2 Å². The van der Waals surface area contributed by atoms with Gasteiger partial charge in [0.1, 0.15) is 11.4 Å². The number of piperazine rings is 1. The molecule has 1 N–H and O–H groups in total. The van der Waals surface area contributed by atoms with Crippen molar-refractivity contribution >= 4 is 40.4 Å². The third-order valence-electron chi connectivity index (χ3n) is 9.47. The standard InChI is InChI=1S/C40H43N5O6/c1-5-42(6-2)27-17-19-33(35(25-27)41-51)37(47)29-13-9-11-15-31(29)39(49)44-21-23-45(24-22-44)40(50)32-16-12-10-14-30(32)38(48)34-20-18-28(26-36(34)46)43(7-3)8-4/h9-20,25-26,46H,5-8,21-24H2,1-4H3. The second-order valence-electron chi connectivity index (χ2n) is 12.2. The molecule has 0 spiro atoms. The van der Waals surface area contributed by atoms with Gasteiger partial charge in [0.05, 0.1) is 22.3 Å². The van der Waals surface area contributed by atoms with Crippen LogP contribution < -0.4 is 9.80 Å². The number of ketones is 2. The first-order valence-electron chi connectivity index (χ1n) is 17.3. The maximum absolute atomic E-state index is 13.8. The molecular formula is C40H43N5O6. The van der Waals surface area contributed by atoms with Crippen LogP contribution in [0.15, 0.2) is 90.1 Å². The van der Waals surface area contributed by atoms with Gasteiger partial charge in [0, 0.05) is 80.9 Å². The number of anilines is 2. The van der Waals surface area contributed by atoms with Crippen molar-refractivity contribution in [2.75, 3.05) is 62.2 Å². The highest BCUT2D eigenvalue weighted by Gasteiger charge is 2.30. The fraction of sp³-hybridized carbons (Fsp3) is 0.300. The lowest BCUT2D eigenvalue weighted by Crippen LogP contribution is -2.51. The van der Waals surface area contributed by atoms with Crippen LogP contribution in [0.4, 0.5) is 17.1 Å². The first-order valence-corrected chi connectivity index (χ1v) is 17.3. The molecule has 1 saturated heterocycles. The first kappa shape index (κ1) is 36.4. The van der Waals surface area contributed by atoms with E-state index in [-0.39, 0.29) is 82.8 Å². The lowest BCUT2D eigenvalue weighted by atomic mass is 9.95. The molecule has 11 heteroatoms. The Bertz CT molecular complexity index is 1940. The van der Waals surface area contributed by atoms with Crippen molar-refractivity contribution in [2.24, 2.45) is 5.18 Å². The van der Waals surface area contributed by atoms with Crippen LogP contribution in [0.2, 0.25) is 0 Å². The number of carbonyl (C=O) groups is 4. The summed E-state index contributed by atoms with van der Waals surface area (Å²) < 4.78 is 0. The summed E-state index contributed by atoms with van der Waals surface area (Å²) >= 11 is 0. The van der Waals surface area contributed by atoms with Gasteiger partial charge in [-0.1, -0.05) is 36.4 Å². The number of carbonyl (C=O) groups excluding carboxylic acids is 4. The van der Waals surface area contributed by atoms with Crippen LogP contribution >= 0.6 is 0 Å². The van der Waals surface area contributed by atoms with Gasteiger partial charge in [-0.05, 0) is 75.3 Å². The molecule has 2 amide bonds. The third kappa shape index (κ3) is 7.52. The van der Waals surface area contributed by atoms with E-state index in [4.69, 9.17) is 0 Å². The van der Waals surface area contributed by atoms with Crippen molar-refractivity contribution < 1.29 is 24.3 Å². The predicted octanol–water partition coefficient (Wildman–Crippen LogP) is 6.54. The van der Waals surface area contributed by atoms with Gasteiger partial charge in [0.2, 0.25) is 0 Å². The van der Waals surface area contributed by atoms with Crippen LogP contribution in [0.1, 0.15) is 80.3 Å². The Kier molecular flexibility index (Phi) is 11.6. The zero-order valence-corrected chi connectivity index (χ0v) is 29.5. The third-order valence-corrected chi connectivity index (χ3v) is 9.47. The Morgan fingerprint density at radius 2 is 0.961 bits per heavy atom. The van der Waals surface area contributed by atoms with E-state index in [0.29, 0.717) is 0 Å². The Balaban J connectivity index is 1.31. The molecular weight excluding hydrogens is 646 g/mol. The maximum Gasteiger partial charge on any atom is 0.254 e. The predicted molar refractivity (Wildman–Crippen MR) is 199 cm³/mol. The minimum atomic E-state index is -0.483. The van der Waals surface area contributed by atoms with Gasteiger partial charge in [0.15, 0.2) is 11.6 Å². The largest absolute Gasteiger partial charge is 0.507 e. The zero-order chi connectivity index (χ0) is 36.7. The summed E-state index contributed by atoms with van der Waals surface area (Å²) in [5.74, 6) is -1.84. The summed E-state index contributed by atoms with van der Waals surface area (Å²) in [4.78, 5) is 74.1. The van der Waals surface area contributed by atoms with Crippen molar-refractivity contribution in [1.29, 1.82) is 0 Å². The van der Waals surface area contributed by atoms with E-state index in [1.54, 1.807) is 94.7 Å². The lowest BCUT2D eigenvalue weighted by molar-refractivity contribution is 0.0533. The van der Waals surface area contributed by atoms with Crippen LogP contribution in [0, 0.1) is 4.91 Å². The van der Waals surface area contributed by atoms with Crippen LogP contribution in [-0.4, -0.2) is 90.6 Å². The Labute approximate surface area is 298 Å². The molecule has 0 unspecified atom stereocenters. The smallest absolute Gasteiger partial charge is 0.254 e. The number of aromatic hydroxyl groups is 1. The van der Waals surface area contributed by atoms with E-state index in [1.807, 2.05) is 32.6 Å². The quantitative estimate of drug-likeness (QED) is 0.124. The zero-order valence-electron chi connectivity index (χ0n) is 29.5. The Morgan fingerprint density at radius 1 is 0.569 bits per heavy atom. The Morgan fingerprint density at radius 3 is 1.37 bits per heavy atom. The molecule has 51 heavy (non-hydrogen) atoms. The van der Waals surface area contributed by atoms with Gasteiger partial charge in [-0.25, -0.2) is 0 Å². The van der Waals surface area contributed by atoms with Gasteiger partial charge in [-0.3, -0.25) is 19.2 Å². The van der Waals surface area contributed by atoms with Gasteiger partial charge in [-0.15, -0.1) is 4.91 Å². The molecule has 0 aliphatic carbocycles. The second-order valence-corrected chi connectivity index (χ2v) is 12.2. The maximum atomic E-state index is 13.8. The first-order chi connectivity index (χ1) is 24.7. The fourth-order valence-corrected chi connectivity index (χ4v) is 6.55. The van der Waals surface area contributed by atoms with Crippen molar-refractivity contribution in [3.63, 3.8) is 0 Å². The van der Waals surface area contributed by atoms with Gasteiger partial charge < -0.3 is 24.7 Å². The molecule has 264 valence electrons. The Hall–Kier alpha value is -5.84. The highest BCUT2D eigenvalue weighted by Crippen LogP contribution is 2.30. The summed E-state index contributed by atoms with van der Waals surface area (Å²) in [5.41, 5.74) is 2.51. The molecule has 4 aromatic rings. The molecule has 11 nitrogen and oxygen atoms in total. The molecule has 5 rings (SSSR count). The SMILES string of the molecule is CCN(CC)c1ccc(C(=O)c2ccccc2C(=O)N2CCN(C(=O)c3ccccc3C(=O)c3ccc(N(CC)CC)cc3N=O)CC2)c(O)c1. The number of phenolic OH excluding ortho intramolecular Hbond substituents is 1. The van der Waals surface area contributed by atoms with Crippen LogP contribution in [0.3, 0.4) is 0 Å². The monoisotopic (exact) mass is 689 g/mol. The van der Waals surface area contributed by atoms with E-state index in [0.717, 1.165) is 37.6 Å². The summed E-state index contributed by atoms with van der Waals surface area (Å²) in [6.07, 6.45) is 0. The molecule has 4 aromatic carbocycles. The molecule has 1 aliphatic heterocycles. The molecule has 0 bridgehead atoms.